The van der Waals surface area contributed by atoms with Crippen molar-refractivity contribution in [3.05, 3.63) is 29.8 Å². The number of nitrogen functional groups attached to an aromatic ring is 1. The third-order valence-corrected chi connectivity index (χ3v) is 3.45. The van der Waals surface area contributed by atoms with Crippen molar-refractivity contribution in [2.75, 3.05) is 12.3 Å². The fraction of sp³-hybridized carbons (Fsp3) is 0.385. The van der Waals surface area contributed by atoms with E-state index in [2.05, 4.69) is 0 Å². The van der Waals surface area contributed by atoms with E-state index in [0.29, 0.717) is 17.5 Å². The van der Waals surface area contributed by atoms with E-state index in [1.165, 1.54) is 0 Å². The molecule has 0 bridgehead atoms. The first-order chi connectivity index (χ1) is 9.65. The van der Waals surface area contributed by atoms with Crippen molar-refractivity contribution in [3.63, 3.8) is 0 Å². The molecule has 1 atom stereocenters. The number of hydrogen-bond acceptors (Lipinski definition) is 3. The highest BCUT2D eigenvalue weighted by Crippen LogP contribution is 2.35. The lowest BCUT2D eigenvalue weighted by Crippen LogP contribution is -2.56. The summed E-state index contributed by atoms with van der Waals surface area (Å²) in [6.45, 7) is 0.538. The lowest BCUT2D eigenvalue weighted by molar-refractivity contribution is -0.191. The summed E-state index contributed by atoms with van der Waals surface area (Å²) in [5, 5.41) is 1.71. The van der Waals surface area contributed by atoms with Crippen molar-refractivity contribution < 1.29 is 22.8 Å². The SMILES string of the molecule is CC1(C(F)(F)F)NC(=O)N(CCc2ccc(N)cc2)C1=O. The molecule has 1 saturated heterocycles. The van der Waals surface area contributed by atoms with Gasteiger partial charge in [0.25, 0.3) is 5.91 Å². The molecule has 21 heavy (non-hydrogen) atoms. The number of amides is 3. The Bertz CT molecular complexity index is 571. The lowest BCUT2D eigenvalue weighted by atomic mass is 10.0. The number of anilines is 1. The van der Waals surface area contributed by atoms with Crippen LogP contribution in [-0.4, -0.2) is 35.1 Å². The van der Waals surface area contributed by atoms with E-state index in [4.69, 9.17) is 5.73 Å². The minimum Gasteiger partial charge on any atom is -0.399 e. The van der Waals surface area contributed by atoms with Gasteiger partial charge in [0.15, 0.2) is 0 Å². The zero-order chi connectivity index (χ0) is 15.8. The van der Waals surface area contributed by atoms with Crippen molar-refractivity contribution in [2.45, 2.75) is 25.1 Å². The summed E-state index contributed by atoms with van der Waals surface area (Å²) in [5.74, 6) is -1.28. The van der Waals surface area contributed by atoms with Crippen LogP contribution in [0.5, 0.6) is 0 Å². The van der Waals surface area contributed by atoms with Crippen LogP contribution in [0.1, 0.15) is 12.5 Å². The average molecular weight is 301 g/mol. The van der Waals surface area contributed by atoms with Crippen LogP contribution in [0.3, 0.4) is 0 Å². The van der Waals surface area contributed by atoms with Crippen LogP contribution in [0.25, 0.3) is 0 Å². The van der Waals surface area contributed by atoms with Gasteiger partial charge in [-0.1, -0.05) is 12.1 Å². The van der Waals surface area contributed by atoms with Gasteiger partial charge in [-0.25, -0.2) is 4.79 Å². The Hall–Kier alpha value is -2.25. The molecule has 1 aliphatic rings. The minimum absolute atomic E-state index is 0.125. The van der Waals surface area contributed by atoms with Crippen molar-refractivity contribution in [1.82, 2.24) is 10.2 Å². The van der Waals surface area contributed by atoms with E-state index in [0.717, 1.165) is 5.56 Å². The van der Waals surface area contributed by atoms with Gasteiger partial charge in [0, 0.05) is 12.2 Å². The van der Waals surface area contributed by atoms with Crippen LogP contribution in [0.15, 0.2) is 24.3 Å². The van der Waals surface area contributed by atoms with E-state index >= 15 is 0 Å². The zero-order valence-electron chi connectivity index (χ0n) is 11.2. The number of urea groups is 1. The molecular weight excluding hydrogens is 287 g/mol. The fourth-order valence-corrected chi connectivity index (χ4v) is 2.02. The van der Waals surface area contributed by atoms with Gasteiger partial charge in [-0.2, -0.15) is 13.2 Å². The van der Waals surface area contributed by atoms with Gasteiger partial charge in [-0.3, -0.25) is 9.69 Å². The van der Waals surface area contributed by atoms with Crippen LogP contribution in [0, 0.1) is 0 Å². The summed E-state index contributed by atoms with van der Waals surface area (Å²) in [4.78, 5) is 24.0. The molecule has 2 rings (SSSR count). The molecule has 0 aliphatic carbocycles. The Morgan fingerprint density at radius 3 is 2.29 bits per heavy atom. The van der Waals surface area contributed by atoms with Crippen molar-refractivity contribution in [2.24, 2.45) is 0 Å². The van der Waals surface area contributed by atoms with E-state index < -0.39 is 23.7 Å². The second kappa shape index (κ2) is 4.94. The second-order valence-corrected chi connectivity index (χ2v) is 5.00. The predicted molar refractivity (Wildman–Crippen MR) is 69.3 cm³/mol. The molecule has 0 saturated carbocycles. The highest BCUT2D eigenvalue weighted by atomic mass is 19.4. The van der Waals surface area contributed by atoms with E-state index in [-0.39, 0.29) is 13.0 Å². The fourth-order valence-electron chi connectivity index (χ4n) is 2.02. The predicted octanol–water partition coefficient (Wildman–Crippen LogP) is 1.68. The average Bonchev–Trinajstić information content (AvgIpc) is 2.61. The van der Waals surface area contributed by atoms with Gasteiger partial charge in [0.05, 0.1) is 0 Å². The first-order valence-electron chi connectivity index (χ1n) is 6.20. The molecule has 5 nitrogen and oxygen atoms in total. The number of rotatable bonds is 3. The first kappa shape index (κ1) is 15.1. The molecule has 1 heterocycles. The number of carbonyl (C=O) groups is 2. The third kappa shape index (κ3) is 2.65. The molecular formula is C13H14F3N3O2. The quantitative estimate of drug-likeness (QED) is 0.659. The van der Waals surface area contributed by atoms with Gasteiger partial charge in [0.1, 0.15) is 0 Å². The van der Waals surface area contributed by atoms with Crippen molar-refractivity contribution in [3.8, 4) is 0 Å². The molecule has 1 aromatic carbocycles. The van der Waals surface area contributed by atoms with Crippen LogP contribution in [0.4, 0.5) is 23.7 Å². The molecule has 114 valence electrons. The molecule has 3 amide bonds. The van der Waals surface area contributed by atoms with Gasteiger partial charge >= 0.3 is 12.2 Å². The van der Waals surface area contributed by atoms with Gasteiger partial charge in [0.2, 0.25) is 5.54 Å². The molecule has 1 unspecified atom stereocenters. The number of nitrogens with one attached hydrogen (secondary N) is 1. The molecule has 0 spiro atoms. The summed E-state index contributed by atoms with van der Waals surface area (Å²) in [6.07, 6.45) is -4.58. The molecule has 1 aromatic rings. The number of carbonyl (C=O) groups excluding carboxylic acids is 2. The summed E-state index contributed by atoms with van der Waals surface area (Å²) < 4.78 is 38.6. The van der Waals surface area contributed by atoms with Crippen molar-refractivity contribution >= 4 is 17.6 Å². The maximum absolute atomic E-state index is 12.9. The Balaban J connectivity index is 2.09. The number of alkyl halides is 3. The molecule has 1 fully saturated rings. The number of nitrogens with two attached hydrogens (primary N) is 1. The highest BCUT2D eigenvalue weighted by Gasteiger charge is 2.64. The molecule has 0 radical (unpaired) electrons. The molecule has 0 aromatic heterocycles. The standard InChI is InChI=1S/C13H14F3N3O2/c1-12(13(14,15)16)10(20)19(11(21)18-12)7-6-8-2-4-9(17)5-3-8/h2-5H,6-7,17H2,1H3,(H,18,21). The maximum Gasteiger partial charge on any atom is 0.420 e. The van der Waals surface area contributed by atoms with Crippen LogP contribution < -0.4 is 11.1 Å². The maximum atomic E-state index is 12.9. The summed E-state index contributed by atoms with van der Waals surface area (Å²) >= 11 is 0. The van der Waals surface area contributed by atoms with Crippen LogP contribution in [-0.2, 0) is 11.2 Å². The number of halogens is 3. The number of hydrogen-bond donors (Lipinski definition) is 2. The Morgan fingerprint density at radius 2 is 1.81 bits per heavy atom. The molecule has 3 N–H and O–H groups in total. The lowest BCUT2D eigenvalue weighted by Gasteiger charge is -2.24. The molecule has 1 aliphatic heterocycles. The van der Waals surface area contributed by atoms with Gasteiger partial charge in [-0.05, 0) is 31.0 Å². The first-order valence-corrected chi connectivity index (χ1v) is 6.20. The smallest absolute Gasteiger partial charge is 0.399 e. The van der Waals surface area contributed by atoms with E-state index in [1.54, 1.807) is 29.6 Å². The monoisotopic (exact) mass is 301 g/mol. The van der Waals surface area contributed by atoms with Crippen LogP contribution >= 0.6 is 0 Å². The summed E-state index contributed by atoms with van der Waals surface area (Å²) in [5.41, 5.74) is 3.99. The van der Waals surface area contributed by atoms with Gasteiger partial charge in [-0.15, -0.1) is 0 Å². The largest absolute Gasteiger partial charge is 0.420 e. The van der Waals surface area contributed by atoms with E-state index in [9.17, 15) is 22.8 Å². The highest BCUT2D eigenvalue weighted by molar-refractivity contribution is 6.07. The molecule has 8 heteroatoms. The summed E-state index contributed by atoms with van der Waals surface area (Å²) in [6, 6.07) is 5.63. The summed E-state index contributed by atoms with van der Waals surface area (Å²) in [7, 11) is 0. The van der Waals surface area contributed by atoms with E-state index in [1.807, 2.05) is 0 Å². The van der Waals surface area contributed by atoms with Gasteiger partial charge < -0.3 is 11.1 Å². The second-order valence-electron chi connectivity index (χ2n) is 5.00. The number of benzene rings is 1. The number of imide groups is 1. The minimum atomic E-state index is -4.84. The Morgan fingerprint density at radius 1 is 1.24 bits per heavy atom. The van der Waals surface area contributed by atoms with Crippen molar-refractivity contribution in [1.29, 1.82) is 0 Å². The zero-order valence-corrected chi connectivity index (χ0v) is 11.2. The Labute approximate surface area is 118 Å². The third-order valence-electron chi connectivity index (χ3n) is 3.45. The van der Waals surface area contributed by atoms with Crippen LogP contribution in [0.2, 0.25) is 0 Å². The Kier molecular flexibility index (Phi) is 3.56. The normalized spacial score (nSPS) is 22.6. The topological polar surface area (TPSA) is 75.4 Å². The number of nitrogens with zero attached hydrogens (tertiary/aromatic N) is 1.